The van der Waals surface area contributed by atoms with E-state index < -0.39 is 0 Å². The Morgan fingerprint density at radius 1 is 1.04 bits per heavy atom. The fourth-order valence-electron chi connectivity index (χ4n) is 3.27. The van der Waals surface area contributed by atoms with Crippen LogP contribution in [-0.2, 0) is 6.67 Å². The van der Waals surface area contributed by atoms with E-state index in [0.717, 1.165) is 37.6 Å². The van der Waals surface area contributed by atoms with Crippen molar-refractivity contribution in [3.05, 3.63) is 59.1 Å². The summed E-state index contributed by atoms with van der Waals surface area (Å²) < 4.78 is 8.57. The molecular weight excluding hydrogens is 318 g/mol. The number of methoxy groups -OCH3 is 1. The van der Waals surface area contributed by atoms with Crippen LogP contribution in [0.5, 0.6) is 5.75 Å². The minimum Gasteiger partial charge on any atom is -0.495 e. The van der Waals surface area contributed by atoms with Gasteiger partial charge < -0.3 is 9.64 Å². The van der Waals surface area contributed by atoms with E-state index in [4.69, 9.17) is 4.74 Å². The molecule has 3 aromatic rings. The molecule has 25 heavy (non-hydrogen) atoms. The molecule has 7 nitrogen and oxygen atoms in total. The maximum Gasteiger partial charge on any atom is 0.351 e. The minimum atomic E-state index is -0.0947. The summed E-state index contributed by atoms with van der Waals surface area (Å²) in [6, 6.07) is 13.6. The Balaban J connectivity index is 1.45. The first kappa shape index (κ1) is 15.7. The van der Waals surface area contributed by atoms with Gasteiger partial charge in [0.25, 0.3) is 0 Å². The third-order valence-electron chi connectivity index (χ3n) is 4.62. The molecule has 0 bridgehead atoms. The third kappa shape index (κ3) is 2.98. The fourth-order valence-corrected chi connectivity index (χ4v) is 3.27. The lowest BCUT2D eigenvalue weighted by Crippen LogP contribution is -2.48. The zero-order valence-electron chi connectivity index (χ0n) is 14.2. The van der Waals surface area contributed by atoms with Gasteiger partial charge >= 0.3 is 5.69 Å². The number of benzene rings is 1. The summed E-state index contributed by atoms with van der Waals surface area (Å²) in [5, 5.41) is 4.40. The number of anilines is 1. The second kappa shape index (κ2) is 6.60. The van der Waals surface area contributed by atoms with Gasteiger partial charge in [0.05, 0.1) is 19.5 Å². The van der Waals surface area contributed by atoms with E-state index in [9.17, 15) is 4.79 Å². The second-order valence-electron chi connectivity index (χ2n) is 6.13. The van der Waals surface area contributed by atoms with Gasteiger partial charge in [0.15, 0.2) is 5.65 Å². The van der Waals surface area contributed by atoms with E-state index in [1.165, 1.54) is 4.68 Å². The van der Waals surface area contributed by atoms with Crippen molar-refractivity contribution in [2.75, 3.05) is 38.2 Å². The summed E-state index contributed by atoms with van der Waals surface area (Å²) in [6.07, 6.45) is 1.75. The normalized spacial score (nSPS) is 15.6. The van der Waals surface area contributed by atoms with Crippen molar-refractivity contribution in [3.8, 4) is 5.75 Å². The molecule has 0 N–H and O–H groups in total. The van der Waals surface area contributed by atoms with E-state index in [-0.39, 0.29) is 5.69 Å². The topological polar surface area (TPSA) is 55.0 Å². The quantitative estimate of drug-likeness (QED) is 0.717. The van der Waals surface area contributed by atoms with E-state index in [1.54, 1.807) is 17.7 Å². The molecule has 1 aromatic carbocycles. The van der Waals surface area contributed by atoms with Crippen LogP contribution in [0.1, 0.15) is 0 Å². The highest BCUT2D eigenvalue weighted by atomic mass is 16.5. The van der Waals surface area contributed by atoms with Crippen molar-refractivity contribution in [1.29, 1.82) is 0 Å². The highest BCUT2D eigenvalue weighted by Gasteiger charge is 2.20. The fraction of sp³-hybridized carbons (Fsp3) is 0.333. The average molecular weight is 339 g/mol. The number of piperazine rings is 1. The Labute approximate surface area is 145 Å². The van der Waals surface area contributed by atoms with Gasteiger partial charge in [-0.2, -0.15) is 4.68 Å². The van der Waals surface area contributed by atoms with Gasteiger partial charge in [-0.25, -0.2) is 4.79 Å². The number of pyridine rings is 1. The number of hydrogen-bond donors (Lipinski definition) is 0. The van der Waals surface area contributed by atoms with Crippen LogP contribution in [0.4, 0.5) is 5.69 Å². The summed E-state index contributed by atoms with van der Waals surface area (Å²) >= 11 is 0. The molecule has 1 saturated heterocycles. The molecule has 3 heterocycles. The summed E-state index contributed by atoms with van der Waals surface area (Å²) in [5.41, 5.74) is 1.71. The molecule has 2 aromatic heterocycles. The van der Waals surface area contributed by atoms with Gasteiger partial charge in [-0.15, -0.1) is 5.10 Å². The van der Waals surface area contributed by atoms with Gasteiger partial charge in [0.2, 0.25) is 0 Å². The van der Waals surface area contributed by atoms with Crippen LogP contribution >= 0.6 is 0 Å². The van der Waals surface area contributed by atoms with Crippen LogP contribution in [0.25, 0.3) is 5.65 Å². The maximum atomic E-state index is 12.4. The smallest absolute Gasteiger partial charge is 0.351 e. The maximum absolute atomic E-state index is 12.4. The highest BCUT2D eigenvalue weighted by molar-refractivity contribution is 5.58. The Morgan fingerprint density at radius 3 is 2.56 bits per heavy atom. The van der Waals surface area contributed by atoms with Gasteiger partial charge in [-0.3, -0.25) is 9.30 Å². The van der Waals surface area contributed by atoms with Crippen LogP contribution in [0.15, 0.2) is 53.5 Å². The first-order valence-corrected chi connectivity index (χ1v) is 8.41. The predicted molar refractivity (Wildman–Crippen MR) is 96.2 cm³/mol. The Hall–Kier alpha value is -2.80. The number of nitrogens with zero attached hydrogens (tertiary/aromatic N) is 5. The number of hydrogen-bond acceptors (Lipinski definition) is 5. The molecule has 130 valence electrons. The summed E-state index contributed by atoms with van der Waals surface area (Å²) in [7, 11) is 1.70. The van der Waals surface area contributed by atoms with E-state index >= 15 is 0 Å². The van der Waals surface area contributed by atoms with Crippen LogP contribution in [0.3, 0.4) is 0 Å². The molecule has 0 aliphatic carbocycles. The van der Waals surface area contributed by atoms with Crippen molar-refractivity contribution >= 4 is 11.3 Å². The lowest BCUT2D eigenvalue weighted by Gasteiger charge is -2.36. The number of fused-ring (bicyclic) bond motifs is 1. The molecule has 0 amide bonds. The zero-order chi connectivity index (χ0) is 17.2. The van der Waals surface area contributed by atoms with Crippen molar-refractivity contribution in [2.24, 2.45) is 0 Å². The molecule has 0 radical (unpaired) electrons. The molecule has 7 heteroatoms. The van der Waals surface area contributed by atoms with Gasteiger partial charge in [-0.05, 0) is 24.3 Å². The van der Waals surface area contributed by atoms with Crippen molar-refractivity contribution in [1.82, 2.24) is 19.1 Å². The van der Waals surface area contributed by atoms with E-state index in [1.807, 2.05) is 36.4 Å². The average Bonchev–Trinajstić information content (AvgIpc) is 2.98. The number of rotatable bonds is 4. The van der Waals surface area contributed by atoms with Crippen LogP contribution in [0, 0.1) is 0 Å². The molecule has 0 saturated carbocycles. The Kier molecular flexibility index (Phi) is 4.15. The first-order valence-electron chi connectivity index (χ1n) is 8.41. The summed E-state index contributed by atoms with van der Waals surface area (Å²) in [6.45, 7) is 4.04. The Morgan fingerprint density at radius 2 is 1.80 bits per heavy atom. The van der Waals surface area contributed by atoms with E-state index in [0.29, 0.717) is 12.3 Å². The SMILES string of the molecule is COc1ccccc1N1CCN(Cn2nc3ccccn3c2=O)CC1. The lowest BCUT2D eigenvalue weighted by atomic mass is 10.2. The minimum absolute atomic E-state index is 0.0947. The highest BCUT2D eigenvalue weighted by Crippen LogP contribution is 2.28. The van der Waals surface area contributed by atoms with Gasteiger partial charge in [0, 0.05) is 32.4 Å². The molecule has 0 spiro atoms. The molecule has 4 rings (SSSR count). The molecule has 0 unspecified atom stereocenters. The third-order valence-corrected chi connectivity index (χ3v) is 4.62. The van der Waals surface area contributed by atoms with Gasteiger partial charge in [-0.1, -0.05) is 18.2 Å². The molecule has 0 atom stereocenters. The number of ether oxygens (including phenoxy) is 1. The standard InChI is InChI=1S/C18H21N5O2/c1-25-16-7-3-2-6-15(16)21-12-10-20(11-13-21)14-23-18(24)22-9-5-4-8-17(22)19-23/h2-9H,10-14H2,1H3. The van der Waals surface area contributed by atoms with E-state index in [2.05, 4.69) is 21.0 Å². The number of para-hydroxylation sites is 2. The van der Waals surface area contributed by atoms with Crippen molar-refractivity contribution in [3.63, 3.8) is 0 Å². The molecular formula is C18H21N5O2. The lowest BCUT2D eigenvalue weighted by molar-refractivity contribution is 0.192. The van der Waals surface area contributed by atoms with Crippen LogP contribution in [0.2, 0.25) is 0 Å². The van der Waals surface area contributed by atoms with Crippen molar-refractivity contribution in [2.45, 2.75) is 6.67 Å². The van der Waals surface area contributed by atoms with Crippen LogP contribution in [-0.4, -0.2) is 52.4 Å². The van der Waals surface area contributed by atoms with Crippen LogP contribution < -0.4 is 15.3 Å². The van der Waals surface area contributed by atoms with Crippen molar-refractivity contribution < 1.29 is 4.74 Å². The first-order chi connectivity index (χ1) is 12.3. The summed E-state index contributed by atoms with van der Waals surface area (Å²) in [4.78, 5) is 17.0. The van der Waals surface area contributed by atoms with Gasteiger partial charge in [0.1, 0.15) is 5.75 Å². The largest absolute Gasteiger partial charge is 0.495 e. The molecule has 1 fully saturated rings. The zero-order valence-corrected chi connectivity index (χ0v) is 14.2. The monoisotopic (exact) mass is 339 g/mol. The second-order valence-corrected chi connectivity index (χ2v) is 6.13. The molecule has 1 aliphatic heterocycles. The predicted octanol–water partition coefficient (Wildman–Crippen LogP) is 1.28. The Bertz CT molecular complexity index is 924. The summed E-state index contributed by atoms with van der Waals surface area (Å²) in [5.74, 6) is 0.896. The number of aromatic nitrogens is 3. The molecule has 1 aliphatic rings.